The van der Waals surface area contributed by atoms with Crippen LogP contribution >= 0.6 is 0 Å². The third-order valence-electron chi connectivity index (χ3n) is 6.65. The number of hydrogen-bond acceptors (Lipinski definition) is 6. The van der Waals surface area contributed by atoms with Crippen molar-refractivity contribution >= 4 is 22.8 Å². The quantitative estimate of drug-likeness (QED) is 0.389. The van der Waals surface area contributed by atoms with E-state index in [1.807, 2.05) is 24.3 Å². The molecule has 5 rings (SSSR count). The maximum absolute atomic E-state index is 13.8. The molecule has 1 unspecified atom stereocenters. The Morgan fingerprint density at radius 1 is 1.06 bits per heavy atom. The first kappa shape index (κ1) is 23.6. The number of para-hydroxylation sites is 1. The van der Waals surface area contributed by atoms with Crippen LogP contribution in [0.2, 0.25) is 0 Å². The number of nitrogens with zero attached hydrogens (tertiary/aromatic N) is 4. The van der Waals surface area contributed by atoms with E-state index in [0.717, 1.165) is 31.2 Å². The fraction of sp³-hybridized carbons (Fsp3) is 0.333. The topological polar surface area (TPSA) is 113 Å². The van der Waals surface area contributed by atoms with Crippen LogP contribution in [0.15, 0.2) is 71.3 Å². The van der Waals surface area contributed by atoms with Crippen LogP contribution in [0.25, 0.3) is 11.0 Å². The average Bonchev–Trinajstić information content (AvgIpc) is 3.56. The van der Waals surface area contributed by atoms with Crippen molar-refractivity contribution < 1.29 is 19.1 Å². The fourth-order valence-electron chi connectivity index (χ4n) is 4.80. The summed E-state index contributed by atoms with van der Waals surface area (Å²) in [5.74, 6) is 0.0825. The Morgan fingerprint density at radius 3 is 2.58 bits per heavy atom. The van der Waals surface area contributed by atoms with Crippen molar-refractivity contribution in [2.45, 2.75) is 57.3 Å². The van der Waals surface area contributed by atoms with Crippen LogP contribution in [0.4, 0.5) is 0 Å². The normalized spacial score (nSPS) is 15.0. The van der Waals surface area contributed by atoms with E-state index in [1.165, 1.54) is 23.5 Å². The molecule has 2 heterocycles. The van der Waals surface area contributed by atoms with Crippen molar-refractivity contribution in [3.63, 3.8) is 0 Å². The highest BCUT2D eigenvalue weighted by atomic mass is 16.3. The highest BCUT2D eigenvalue weighted by Crippen LogP contribution is 2.28. The molecule has 1 aliphatic rings. The lowest BCUT2D eigenvalue weighted by molar-refractivity contribution is -0.142. The highest BCUT2D eigenvalue weighted by molar-refractivity contribution is 5.89. The number of aromatic nitrogens is 3. The molecule has 9 heteroatoms. The van der Waals surface area contributed by atoms with Gasteiger partial charge in [0.05, 0.1) is 18.3 Å². The monoisotopic (exact) mass is 487 g/mol. The van der Waals surface area contributed by atoms with Gasteiger partial charge in [-0.05, 0) is 54.8 Å². The summed E-state index contributed by atoms with van der Waals surface area (Å²) < 4.78 is 7.10. The van der Waals surface area contributed by atoms with Gasteiger partial charge in [0, 0.05) is 6.04 Å². The molecule has 4 aromatic rings. The van der Waals surface area contributed by atoms with E-state index < -0.39 is 6.04 Å². The molecule has 36 heavy (non-hydrogen) atoms. The third-order valence-corrected chi connectivity index (χ3v) is 6.65. The van der Waals surface area contributed by atoms with Gasteiger partial charge in [0.15, 0.2) is 0 Å². The van der Waals surface area contributed by atoms with Gasteiger partial charge in [0.1, 0.15) is 29.6 Å². The van der Waals surface area contributed by atoms with Crippen LogP contribution < -0.4 is 5.32 Å². The lowest BCUT2D eigenvalue weighted by atomic mass is 9.94. The Kier molecular flexibility index (Phi) is 6.97. The molecular weight excluding hydrogens is 458 g/mol. The first-order valence-corrected chi connectivity index (χ1v) is 12.3. The molecule has 0 aliphatic heterocycles. The zero-order chi connectivity index (χ0) is 24.9. The molecule has 2 aromatic carbocycles. The second-order valence-corrected chi connectivity index (χ2v) is 9.17. The van der Waals surface area contributed by atoms with E-state index in [9.17, 15) is 14.7 Å². The van der Waals surface area contributed by atoms with E-state index in [-0.39, 0.29) is 36.7 Å². The van der Waals surface area contributed by atoms with Crippen LogP contribution in [-0.4, -0.2) is 42.9 Å². The summed E-state index contributed by atoms with van der Waals surface area (Å²) in [4.78, 5) is 29.1. The molecule has 186 valence electrons. The number of furan rings is 1. The molecule has 0 spiro atoms. The third kappa shape index (κ3) is 5.25. The van der Waals surface area contributed by atoms with Gasteiger partial charge in [-0.15, -0.1) is 5.10 Å². The summed E-state index contributed by atoms with van der Waals surface area (Å²) >= 11 is 0. The van der Waals surface area contributed by atoms with Crippen molar-refractivity contribution in [2.75, 3.05) is 0 Å². The zero-order valence-electron chi connectivity index (χ0n) is 19.9. The fourth-order valence-corrected chi connectivity index (χ4v) is 4.80. The Hall–Kier alpha value is -4.14. The number of aromatic hydroxyl groups is 1. The molecule has 0 bridgehead atoms. The van der Waals surface area contributed by atoms with Gasteiger partial charge in [0.2, 0.25) is 11.8 Å². The van der Waals surface area contributed by atoms with E-state index >= 15 is 0 Å². The number of benzene rings is 2. The predicted octanol–water partition coefficient (Wildman–Crippen LogP) is 3.95. The maximum atomic E-state index is 13.8. The number of phenols is 1. The zero-order valence-corrected chi connectivity index (χ0v) is 19.9. The Balaban J connectivity index is 1.49. The second kappa shape index (κ2) is 10.6. The highest BCUT2D eigenvalue weighted by Gasteiger charge is 2.34. The maximum Gasteiger partial charge on any atom is 0.247 e. The summed E-state index contributed by atoms with van der Waals surface area (Å²) in [6.45, 7) is 0.00854. The van der Waals surface area contributed by atoms with Crippen LogP contribution in [0, 0.1) is 0 Å². The first-order chi connectivity index (χ1) is 17.6. The van der Waals surface area contributed by atoms with Crippen molar-refractivity contribution in [3.8, 4) is 5.75 Å². The smallest absolute Gasteiger partial charge is 0.247 e. The summed E-state index contributed by atoms with van der Waals surface area (Å²) in [6.07, 6.45) is 6.70. The van der Waals surface area contributed by atoms with E-state index in [0.29, 0.717) is 16.8 Å². The summed E-state index contributed by atoms with van der Waals surface area (Å²) in [5, 5.41) is 21.3. The van der Waals surface area contributed by atoms with Crippen LogP contribution in [0.1, 0.15) is 49.5 Å². The molecule has 1 aliphatic carbocycles. The van der Waals surface area contributed by atoms with Gasteiger partial charge < -0.3 is 19.7 Å². The largest absolute Gasteiger partial charge is 0.508 e. The molecule has 1 atom stereocenters. The number of carbonyl (C=O) groups is 2. The minimum Gasteiger partial charge on any atom is -0.508 e. The van der Waals surface area contributed by atoms with Gasteiger partial charge in [-0.1, -0.05) is 48.7 Å². The average molecular weight is 488 g/mol. The molecule has 9 nitrogen and oxygen atoms in total. The molecular formula is C27H29N5O4. The van der Waals surface area contributed by atoms with Crippen LogP contribution in [-0.2, 0) is 22.7 Å². The van der Waals surface area contributed by atoms with Gasteiger partial charge in [-0.3, -0.25) is 9.59 Å². The lowest BCUT2D eigenvalue weighted by Gasteiger charge is -2.33. The minimum atomic E-state index is -0.917. The SMILES string of the molecule is O=C(NC1CCCCC1)C(c1ccc(O)cc1)N(Cc1ccco1)C(=O)Cn1nnc2ccccc21. The Labute approximate surface area is 208 Å². The number of hydrogen-bond donors (Lipinski definition) is 2. The molecule has 1 saturated carbocycles. The summed E-state index contributed by atoms with van der Waals surface area (Å²) in [7, 11) is 0. The van der Waals surface area contributed by atoms with E-state index in [1.54, 1.807) is 35.2 Å². The molecule has 0 saturated heterocycles. The van der Waals surface area contributed by atoms with Crippen molar-refractivity contribution in [1.82, 2.24) is 25.2 Å². The number of phenolic OH excluding ortho intramolecular Hbond substituents is 1. The number of carbonyl (C=O) groups excluding carboxylic acids is 2. The Morgan fingerprint density at radius 2 is 1.83 bits per heavy atom. The predicted molar refractivity (Wildman–Crippen MR) is 133 cm³/mol. The van der Waals surface area contributed by atoms with Crippen LogP contribution in [0.5, 0.6) is 5.75 Å². The van der Waals surface area contributed by atoms with E-state index in [4.69, 9.17) is 4.42 Å². The minimum absolute atomic E-state index is 0.0747. The number of nitrogens with one attached hydrogen (secondary N) is 1. The standard InChI is InChI=1S/C27H29N5O4/c33-21-14-12-19(13-15-21)26(27(35)28-20-7-2-1-3-8-20)31(17-22-9-6-16-36-22)25(34)18-32-24-11-5-4-10-23(24)29-30-32/h4-6,9-16,20,26,33H,1-3,7-8,17-18H2,(H,28,35). The lowest BCUT2D eigenvalue weighted by Crippen LogP contribution is -2.47. The van der Waals surface area contributed by atoms with Crippen molar-refractivity contribution in [3.05, 3.63) is 78.3 Å². The van der Waals surface area contributed by atoms with Gasteiger partial charge in [-0.25, -0.2) is 4.68 Å². The molecule has 2 amide bonds. The number of amides is 2. The van der Waals surface area contributed by atoms with Gasteiger partial charge >= 0.3 is 0 Å². The van der Waals surface area contributed by atoms with Gasteiger partial charge in [-0.2, -0.15) is 0 Å². The molecule has 0 radical (unpaired) electrons. The molecule has 1 fully saturated rings. The Bertz CT molecular complexity index is 1310. The number of fused-ring (bicyclic) bond motifs is 1. The summed E-state index contributed by atoms with van der Waals surface area (Å²) in [6, 6.07) is 16.5. The molecule has 2 N–H and O–H groups in total. The van der Waals surface area contributed by atoms with E-state index in [2.05, 4.69) is 15.6 Å². The molecule has 2 aromatic heterocycles. The van der Waals surface area contributed by atoms with Crippen molar-refractivity contribution in [1.29, 1.82) is 0 Å². The first-order valence-electron chi connectivity index (χ1n) is 12.3. The van der Waals surface area contributed by atoms with Crippen molar-refractivity contribution in [2.24, 2.45) is 0 Å². The second-order valence-electron chi connectivity index (χ2n) is 9.17. The van der Waals surface area contributed by atoms with Gasteiger partial charge in [0.25, 0.3) is 0 Å². The van der Waals surface area contributed by atoms with Crippen LogP contribution in [0.3, 0.4) is 0 Å². The summed E-state index contributed by atoms with van der Waals surface area (Å²) in [5.41, 5.74) is 2.02. The number of rotatable bonds is 8.